The average Bonchev–Trinajstić information content (AvgIpc) is 2.46. The van der Waals surface area contributed by atoms with E-state index < -0.39 is 0 Å². The first-order chi connectivity index (χ1) is 6.15. The van der Waals surface area contributed by atoms with Crippen molar-refractivity contribution in [2.24, 2.45) is 10.9 Å². The summed E-state index contributed by atoms with van der Waals surface area (Å²) in [7, 11) is 2.02. The second kappa shape index (κ2) is 4.18. The predicted molar refractivity (Wildman–Crippen MR) is 55.5 cm³/mol. The van der Waals surface area contributed by atoms with Crippen molar-refractivity contribution in [1.82, 2.24) is 10.2 Å². The Bertz CT molecular complexity index is 237. The summed E-state index contributed by atoms with van der Waals surface area (Å²) < 4.78 is 0. The lowest BCUT2D eigenvalue weighted by atomic mass is 10.1. The molecule has 0 saturated carbocycles. The molecule has 1 N–H and O–H groups in total. The lowest BCUT2D eigenvalue weighted by Crippen LogP contribution is -2.43. The number of likely N-dealkylation sites (N-methyl/N-ethyl adjacent to an activating group) is 1. The number of aliphatic imine (C=N–C) groups is 1. The molecule has 0 aromatic rings. The van der Waals surface area contributed by atoms with Crippen LogP contribution in [-0.2, 0) is 0 Å². The van der Waals surface area contributed by atoms with Gasteiger partial charge in [0.2, 0.25) is 0 Å². The Morgan fingerprint density at radius 3 is 2.69 bits per heavy atom. The van der Waals surface area contributed by atoms with E-state index in [1.807, 2.05) is 7.05 Å². The quantitative estimate of drug-likeness (QED) is 0.626. The average molecular weight is 179 g/mol. The van der Waals surface area contributed by atoms with Crippen molar-refractivity contribution in [2.45, 2.75) is 19.9 Å². The molecule has 1 heterocycles. The fourth-order valence-corrected chi connectivity index (χ4v) is 1.23. The van der Waals surface area contributed by atoms with Crippen LogP contribution in [0.3, 0.4) is 0 Å². The number of nitrogens with zero attached hydrogens (tertiary/aromatic N) is 2. The third kappa shape index (κ3) is 2.38. The molecule has 0 aliphatic carbocycles. The Morgan fingerprint density at radius 1 is 1.62 bits per heavy atom. The fraction of sp³-hybridized carbons (Fsp3) is 0.700. The first kappa shape index (κ1) is 9.91. The molecule has 13 heavy (non-hydrogen) atoms. The number of rotatable bonds is 2. The molecule has 1 aliphatic heterocycles. The molecule has 1 aliphatic rings. The van der Waals surface area contributed by atoms with Crippen LogP contribution in [-0.4, -0.2) is 37.0 Å². The highest BCUT2D eigenvalue weighted by Crippen LogP contribution is 2.03. The molecular weight excluding hydrogens is 162 g/mol. The van der Waals surface area contributed by atoms with Gasteiger partial charge in [0.1, 0.15) is 0 Å². The Balaban J connectivity index is 2.52. The lowest BCUT2D eigenvalue weighted by Gasteiger charge is -2.21. The zero-order chi connectivity index (χ0) is 9.84. The van der Waals surface area contributed by atoms with Crippen LogP contribution in [0.5, 0.6) is 0 Å². The summed E-state index contributed by atoms with van der Waals surface area (Å²) >= 11 is 0. The number of guanidine groups is 1. The molecule has 1 atom stereocenters. The van der Waals surface area contributed by atoms with Crippen molar-refractivity contribution in [2.75, 3.05) is 20.1 Å². The number of hydrogen-bond acceptors (Lipinski definition) is 3. The largest absolute Gasteiger partial charge is 0.344 e. The van der Waals surface area contributed by atoms with E-state index in [1.165, 1.54) is 0 Å². The van der Waals surface area contributed by atoms with Crippen LogP contribution < -0.4 is 5.32 Å². The van der Waals surface area contributed by atoms with Crippen molar-refractivity contribution in [3.8, 4) is 12.3 Å². The van der Waals surface area contributed by atoms with Crippen molar-refractivity contribution in [3.63, 3.8) is 0 Å². The summed E-state index contributed by atoms with van der Waals surface area (Å²) in [5.74, 6) is 4.09. The van der Waals surface area contributed by atoms with Gasteiger partial charge in [-0.15, -0.1) is 6.42 Å². The SMILES string of the molecule is C#CC(NC1=NCCN1C)C(C)C. The molecule has 0 radical (unpaired) electrons. The van der Waals surface area contributed by atoms with E-state index in [9.17, 15) is 0 Å². The van der Waals surface area contributed by atoms with E-state index in [0.29, 0.717) is 5.92 Å². The molecule has 3 heteroatoms. The molecule has 1 unspecified atom stereocenters. The van der Waals surface area contributed by atoms with Crippen LogP contribution in [0, 0.1) is 18.3 Å². The molecule has 3 nitrogen and oxygen atoms in total. The van der Waals surface area contributed by atoms with Crippen LogP contribution in [0.4, 0.5) is 0 Å². The topological polar surface area (TPSA) is 27.6 Å². The molecular formula is C10H17N3. The Hall–Kier alpha value is -1.17. The third-order valence-corrected chi connectivity index (χ3v) is 2.19. The maximum Gasteiger partial charge on any atom is 0.194 e. The third-order valence-electron chi connectivity index (χ3n) is 2.19. The van der Waals surface area contributed by atoms with E-state index in [-0.39, 0.29) is 6.04 Å². The van der Waals surface area contributed by atoms with Crippen LogP contribution in [0.25, 0.3) is 0 Å². The minimum absolute atomic E-state index is 0.0827. The van der Waals surface area contributed by atoms with Gasteiger partial charge in [0.05, 0.1) is 12.6 Å². The standard InChI is InChI=1S/C10H17N3/c1-5-9(8(2)3)12-10-11-6-7-13(10)4/h1,8-9H,6-7H2,2-4H3,(H,11,12). The minimum atomic E-state index is 0.0827. The second-order valence-corrected chi connectivity index (χ2v) is 3.66. The molecule has 1 rings (SSSR count). The highest BCUT2D eigenvalue weighted by atomic mass is 15.3. The Morgan fingerprint density at radius 2 is 2.31 bits per heavy atom. The minimum Gasteiger partial charge on any atom is -0.344 e. The number of terminal acetylenes is 1. The molecule has 0 aromatic heterocycles. The van der Waals surface area contributed by atoms with Crippen LogP contribution >= 0.6 is 0 Å². The van der Waals surface area contributed by atoms with Crippen molar-refractivity contribution in [3.05, 3.63) is 0 Å². The molecule has 72 valence electrons. The fourth-order valence-electron chi connectivity index (χ4n) is 1.23. The molecule has 0 spiro atoms. The maximum absolute atomic E-state index is 5.41. The van der Waals surface area contributed by atoms with Gasteiger partial charge in [0.25, 0.3) is 0 Å². The molecule has 0 amide bonds. The second-order valence-electron chi connectivity index (χ2n) is 3.66. The van der Waals surface area contributed by atoms with Crippen LogP contribution in [0.15, 0.2) is 4.99 Å². The van der Waals surface area contributed by atoms with E-state index >= 15 is 0 Å². The summed E-state index contributed by atoms with van der Waals surface area (Å²) in [4.78, 5) is 6.41. The zero-order valence-electron chi connectivity index (χ0n) is 8.54. The molecule has 0 bridgehead atoms. The Kier molecular flexibility index (Phi) is 3.18. The summed E-state index contributed by atoms with van der Waals surface area (Å²) in [5, 5.41) is 3.25. The number of hydrogen-bond donors (Lipinski definition) is 1. The van der Waals surface area contributed by atoms with E-state index in [0.717, 1.165) is 19.0 Å². The Labute approximate surface area is 80.2 Å². The van der Waals surface area contributed by atoms with E-state index in [2.05, 4.69) is 35.0 Å². The molecule has 0 fully saturated rings. The van der Waals surface area contributed by atoms with Gasteiger partial charge >= 0.3 is 0 Å². The molecule has 0 saturated heterocycles. The van der Waals surface area contributed by atoms with Gasteiger partial charge < -0.3 is 10.2 Å². The smallest absolute Gasteiger partial charge is 0.194 e. The zero-order valence-corrected chi connectivity index (χ0v) is 8.54. The number of nitrogens with one attached hydrogen (secondary N) is 1. The normalized spacial score (nSPS) is 18.4. The predicted octanol–water partition coefficient (Wildman–Crippen LogP) is 0.535. The van der Waals surface area contributed by atoms with Crippen molar-refractivity contribution >= 4 is 5.96 Å². The van der Waals surface area contributed by atoms with Crippen LogP contribution in [0.2, 0.25) is 0 Å². The lowest BCUT2D eigenvalue weighted by molar-refractivity contribution is 0.488. The van der Waals surface area contributed by atoms with E-state index in [4.69, 9.17) is 6.42 Å². The summed E-state index contributed by atoms with van der Waals surface area (Å²) in [5.41, 5.74) is 0. The van der Waals surface area contributed by atoms with Crippen molar-refractivity contribution < 1.29 is 0 Å². The van der Waals surface area contributed by atoms with Gasteiger partial charge in [-0.2, -0.15) is 0 Å². The highest BCUT2D eigenvalue weighted by Gasteiger charge is 2.17. The highest BCUT2D eigenvalue weighted by molar-refractivity contribution is 5.81. The van der Waals surface area contributed by atoms with Gasteiger partial charge in [-0.25, -0.2) is 0 Å². The van der Waals surface area contributed by atoms with E-state index in [1.54, 1.807) is 0 Å². The van der Waals surface area contributed by atoms with Crippen LogP contribution in [0.1, 0.15) is 13.8 Å². The van der Waals surface area contributed by atoms with Gasteiger partial charge in [-0.3, -0.25) is 4.99 Å². The first-order valence-electron chi connectivity index (χ1n) is 4.63. The van der Waals surface area contributed by atoms with Gasteiger partial charge in [-0.1, -0.05) is 19.8 Å². The van der Waals surface area contributed by atoms with Gasteiger partial charge in [0.15, 0.2) is 5.96 Å². The maximum atomic E-state index is 5.41. The summed E-state index contributed by atoms with van der Waals surface area (Å²) in [6, 6.07) is 0.0827. The summed E-state index contributed by atoms with van der Waals surface area (Å²) in [6.45, 7) is 6.06. The summed E-state index contributed by atoms with van der Waals surface area (Å²) in [6.07, 6.45) is 5.41. The molecule has 0 aromatic carbocycles. The van der Waals surface area contributed by atoms with Crippen molar-refractivity contribution in [1.29, 1.82) is 0 Å². The first-order valence-corrected chi connectivity index (χ1v) is 4.63. The van der Waals surface area contributed by atoms with Gasteiger partial charge in [0, 0.05) is 13.6 Å². The van der Waals surface area contributed by atoms with Gasteiger partial charge in [-0.05, 0) is 5.92 Å². The monoisotopic (exact) mass is 179 g/mol.